The summed E-state index contributed by atoms with van der Waals surface area (Å²) in [5.74, 6) is 0.285. The van der Waals surface area contributed by atoms with E-state index < -0.39 is 15.9 Å². The molecule has 2 aromatic rings. The Labute approximate surface area is 154 Å². The quantitative estimate of drug-likeness (QED) is 0.870. The predicted octanol–water partition coefficient (Wildman–Crippen LogP) is 3.57. The molecule has 26 heavy (non-hydrogen) atoms. The highest BCUT2D eigenvalue weighted by atomic mass is 32.2. The number of aromatic nitrogens is 1. The lowest BCUT2D eigenvalue weighted by atomic mass is 9.92. The number of fused-ring (bicyclic) bond motifs is 1. The second-order valence-electron chi connectivity index (χ2n) is 7.00. The summed E-state index contributed by atoms with van der Waals surface area (Å²) in [6.07, 6.45) is 9.15. The van der Waals surface area contributed by atoms with Gasteiger partial charge in [0.05, 0.1) is 11.1 Å². The summed E-state index contributed by atoms with van der Waals surface area (Å²) in [6, 6.07) is 7.42. The number of nitrogens with one attached hydrogen (secondary N) is 1. The molecular weight excluding hydrogens is 348 g/mol. The van der Waals surface area contributed by atoms with Gasteiger partial charge in [0.1, 0.15) is 0 Å². The molecule has 1 unspecified atom stereocenters. The average Bonchev–Trinajstić information content (AvgIpc) is 3.12. The molecule has 6 heteroatoms. The molecule has 1 saturated carbocycles. The van der Waals surface area contributed by atoms with Gasteiger partial charge in [0.2, 0.25) is 0 Å². The van der Waals surface area contributed by atoms with E-state index in [4.69, 9.17) is 0 Å². The highest BCUT2D eigenvalue weighted by Crippen LogP contribution is 2.37. The summed E-state index contributed by atoms with van der Waals surface area (Å²) in [5.41, 5.74) is 2.49. The van der Waals surface area contributed by atoms with E-state index in [1.807, 2.05) is 24.3 Å². The Morgan fingerprint density at radius 2 is 2.00 bits per heavy atom. The molecule has 1 aromatic heterocycles. The van der Waals surface area contributed by atoms with Gasteiger partial charge in [-0.15, -0.1) is 0 Å². The lowest BCUT2D eigenvalue weighted by Gasteiger charge is -2.16. The second kappa shape index (κ2) is 7.58. The van der Waals surface area contributed by atoms with E-state index in [0.717, 1.165) is 17.1 Å². The third-order valence-electron chi connectivity index (χ3n) is 4.82. The average molecular weight is 372 g/mol. The highest BCUT2D eigenvalue weighted by Gasteiger charge is 2.22. The van der Waals surface area contributed by atoms with E-state index >= 15 is 0 Å². The standard InChI is InChI=1S/C20H24N2O3S/c1-14(11-13-26(2,24)25)22-20(23)18-10-9-16(15-6-3-4-7-15)17-8-5-12-21-19(17)18/h5,8-15H,3-4,6-7H2,1-2H3,(H,22,23)/b13-11+. The van der Waals surface area contributed by atoms with Gasteiger partial charge in [-0.25, -0.2) is 8.42 Å². The van der Waals surface area contributed by atoms with Gasteiger partial charge >= 0.3 is 0 Å². The maximum absolute atomic E-state index is 12.7. The highest BCUT2D eigenvalue weighted by molar-refractivity contribution is 7.93. The summed E-state index contributed by atoms with van der Waals surface area (Å²) in [5, 5.41) is 4.96. The molecule has 1 N–H and O–H groups in total. The Balaban J connectivity index is 1.89. The number of benzene rings is 1. The predicted molar refractivity (Wildman–Crippen MR) is 104 cm³/mol. The third-order valence-corrected chi connectivity index (χ3v) is 5.47. The van der Waals surface area contributed by atoms with Crippen LogP contribution in [0.5, 0.6) is 0 Å². The van der Waals surface area contributed by atoms with Crippen molar-refractivity contribution in [2.75, 3.05) is 6.26 Å². The zero-order valence-corrected chi connectivity index (χ0v) is 15.9. The number of nitrogens with zero attached hydrogens (tertiary/aromatic N) is 1. The van der Waals surface area contributed by atoms with Crippen LogP contribution in [0.2, 0.25) is 0 Å². The molecule has 1 amide bonds. The summed E-state index contributed by atoms with van der Waals surface area (Å²) in [4.78, 5) is 17.1. The first kappa shape index (κ1) is 18.6. The van der Waals surface area contributed by atoms with Gasteiger partial charge in [-0.2, -0.15) is 0 Å². The van der Waals surface area contributed by atoms with E-state index in [1.165, 1.54) is 37.3 Å². The lowest BCUT2D eigenvalue weighted by Crippen LogP contribution is -2.31. The van der Waals surface area contributed by atoms with Crippen molar-refractivity contribution in [1.82, 2.24) is 10.3 Å². The van der Waals surface area contributed by atoms with Crippen LogP contribution in [0, 0.1) is 0 Å². The molecule has 5 nitrogen and oxygen atoms in total. The van der Waals surface area contributed by atoms with Crippen molar-refractivity contribution in [3.8, 4) is 0 Å². The zero-order chi connectivity index (χ0) is 18.7. The Morgan fingerprint density at radius 1 is 1.27 bits per heavy atom. The number of carbonyl (C=O) groups excluding carboxylic acids is 1. The van der Waals surface area contributed by atoms with Gasteiger partial charge in [0.25, 0.3) is 5.91 Å². The molecule has 1 heterocycles. The summed E-state index contributed by atoms with van der Waals surface area (Å²) in [6.45, 7) is 1.74. The number of sulfone groups is 1. The fourth-order valence-corrected chi connectivity index (χ4v) is 4.09. The van der Waals surface area contributed by atoms with Crippen LogP contribution in [0.25, 0.3) is 10.9 Å². The normalized spacial score (nSPS) is 17.0. The number of hydrogen-bond acceptors (Lipinski definition) is 4. The number of amides is 1. The van der Waals surface area contributed by atoms with Gasteiger partial charge in [0.15, 0.2) is 9.84 Å². The molecular formula is C20H24N2O3S. The molecule has 1 atom stereocenters. The molecule has 0 spiro atoms. The van der Waals surface area contributed by atoms with Crippen LogP contribution in [-0.2, 0) is 9.84 Å². The number of rotatable bonds is 5. The maximum atomic E-state index is 12.7. The number of hydrogen-bond donors (Lipinski definition) is 1. The molecule has 1 aromatic carbocycles. The maximum Gasteiger partial charge on any atom is 0.253 e. The van der Waals surface area contributed by atoms with Gasteiger partial charge < -0.3 is 5.32 Å². The van der Waals surface area contributed by atoms with Gasteiger partial charge in [-0.05, 0) is 43.4 Å². The first-order valence-corrected chi connectivity index (χ1v) is 10.9. The van der Waals surface area contributed by atoms with E-state index in [1.54, 1.807) is 13.1 Å². The summed E-state index contributed by atoms with van der Waals surface area (Å²) in [7, 11) is -3.21. The van der Waals surface area contributed by atoms with E-state index in [-0.39, 0.29) is 5.91 Å². The Kier molecular flexibility index (Phi) is 5.41. The smallest absolute Gasteiger partial charge is 0.253 e. The van der Waals surface area contributed by atoms with Crippen molar-refractivity contribution in [2.45, 2.75) is 44.6 Å². The summed E-state index contributed by atoms with van der Waals surface area (Å²) >= 11 is 0. The van der Waals surface area contributed by atoms with Crippen LogP contribution in [0.15, 0.2) is 41.9 Å². The van der Waals surface area contributed by atoms with Crippen molar-refractivity contribution in [1.29, 1.82) is 0 Å². The first-order chi connectivity index (χ1) is 12.3. The van der Waals surface area contributed by atoms with Crippen molar-refractivity contribution in [2.24, 2.45) is 0 Å². The van der Waals surface area contributed by atoms with Gasteiger partial charge in [-0.1, -0.05) is 31.1 Å². The SMILES string of the molecule is CC(/C=C/S(C)(=O)=O)NC(=O)c1ccc(C2CCCC2)c2cccnc12. The summed E-state index contributed by atoms with van der Waals surface area (Å²) < 4.78 is 22.4. The third kappa shape index (κ3) is 4.30. The van der Waals surface area contributed by atoms with Crippen LogP contribution in [0.3, 0.4) is 0 Å². The first-order valence-electron chi connectivity index (χ1n) is 8.92. The Hall–Kier alpha value is -2.21. The number of pyridine rings is 1. The molecule has 0 aliphatic heterocycles. The largest absolute Gasteiger partial charge is 0.346 e. The molecule has 0 saturated heterocycles. The minimum Gasteiger partial charge on any atom is -0.346 e. The lowest BCUT2D eigenvalue weighted by molar-refractivity contribution is 0.0948. The van der Waals surface area contributed by atoms with Crippen molar-refractivity contribution >= 4 is 26.6 Å². The minimum absolute atomic E-state index is 0.252. The minimum atomic E-state index is -3.21. The Bertz CT molecular complexity index is 945. The van der Waals surface area contributed by atoms with Crippen LogP contribution in [0.4, 0.5) is 0 Å². The molecule has 0 bridgehead atoms. The molecule has 1 aliphatic rings. The topological polar surface area (TPSA) is 76.1 Å². The molecule has 0 radical (unpaired) electrons. The monoisotopic (exact) mass is 372 g/mol. The molecule has 3 rings (SSSR count). The van der Waals surface area contributed by atoms with Crippen molar-refractivity contribution in [3.63, 3.8) is 0 Å². The van der Waals surface area contributed by atoms with Crippen LogP contribution >= 0.6 is 0 Å². The zero-order valence-electron chi connectivity index (χ0n) is 15.1. The van der Waals surface area contributed by atoms with Crippen LogP contribution in [-0.4, -0.2) is 31.6 Å². The number of carbonyl (C=O) groups is 1. The molecule has 1 aliphatic carbocycles. The molecule has 1 fully saturated rings. The van der Waals surface area contributed by atoms with E-state index in [0.29, 0.717) is 17.0 Å². The molecule has 138 valence electrons. The van der Waals surface area contributed by atoms with Crippen molar-refractivity contribution < 1.29 is 13.2 Å². The van der Waals surface area contributed by atoms with Gasteiger partial charge in [0, 0.05) is 29.3 Å². The Morgan fingerprint density at radius 3 is 2.69 bits per heavy atom. The fraction of sp³-hybridized carbons (Fsp3) is 0.400. The van der Waals surface area contributed by atoms with Crippen molar-refractivity contribution in [3.05, 3.63) is 53.1 Å². The van der Waals surface area contributed by atoms with Crippen LogP contribution in [0.1, 0.15) is 54.4 Å². The second-order valence-corrected chi connectivity index (χ2v) is 8.93. The van der Waals surface area contributed by atoms with E-state index in [2.05, 4.69) is 10.3 Å². The van der Waals surface area contributed by atoms with E-state index in [9.17, 15) is 13.2 Å². The van der Waals surface area contributed by atoms with Gasteiger partial charge in [-0.3, -0.25) is 9.78 Å². The van der Waals surface area contributed by atoms with Crippen LogP contribution < -0.4 is 5.32 Å². The fourth-order valence-electron chi connectivity index (χ4n) is 3.56.